The van der Waals surface area contributed by atoms with Crippen molar-refractivity contribution in [2.24, 2.45) is 0 Å². The standard InChI is InChI=1S/C14H19BF3N2O2.K/c1-14(2,3)22-13(21)20-8-11(10-5-4-6-19-7-10)12(9-20)15(16,17)18;/h4-7,11-12H,8-9H2,1-3H3;/q-1;+1. The number of carbonyl (C=O) groups excluding carboxylic acids is 1. The van der Waals surface area contributed by atoms with E-state index in [1.165, 1.54) is 12.4 Å². The zero-order chi connectivity index (χ0) is 16.5. The zero-order valence-electron chi connectivity index (χ0n) is 13.8. The second kappa shape index (κ2) is 7.86. The van der Waals surface area contributed by atoms with Gasteiger partial charge in [0.1, 0.15) is 5.60 Å². The molecule has 2 rings (SSSR count). The van der Waals surface area contributed by atoms with Gasteiger partial charge in [-0.2, -0.15) is 0 Å². The fraction of sp³-hybridized carbons (Fsp3) is 0.571. The molecule has 0 aromatic carbocycles. The molecule has 1 aliphatic heterocycles. The van der Waals surface area contributed by atoms with Crippen molar-refractivity contribution < 1.29 is 73.9 Å². The molecule has 0 N–H and O–H groups in total. The Hall–Kier alpha value is -0.0887. The molecule has 1 fully saturated rings. The van der Waals surface area contributed by atoms with E-state index in [9.17, 15) is 17.7 Å². The van der Waals surface area contributed by atoms with Crippen LogP contribution in [0.4, 0.5) is 17.7 Å². The van der Waals surface area contributed by atoms with Gasteiger partial charge in [-0.15, -0.1) is 0 Å². The Bertz CT molecular complexity index is 537. The summed E-state index contributed by atoms with van der Waals surface area (Å²) in [5.74, 6) is -2.34. The smallest absolute Gasteiger partial charge is 0.449 e. The molecule has 2 unspecified atom stereocenters. The van der Waals surface area contributed by atoms with Gasteiger partial charge >= 0.3 is 64.5 Å². The van der Waals surface area contributed by atoms with E-state index in [4.69, 9.17) is 4.74 Å². The minimum atomic E-state index is -5.06. The molecule has 0 saturated carbocycles. The van der Waals surface area contributed by atoms with Crippen molar-refractivity contribution in [1.82, 2.24) is 9.88 Å². The van der Waals surface area contributed by atoms with Crippen LogP contribution in [-0.2, 0) is 4.74 Å². The first-order chi connectivity index (χ1) is 10.1. The maximum atomic E-state index is 13.3. The molecule has 1 aromatic heterocycles. The average Bonchev–Trinajstić information content (AvgIpc) is 2.82. The fourth-order valence-electron chi connectivity index (χ4n) is 2.64. The normalized spacial score (nSPS) is 21.7. The predicted octanol–water partition coefficient (Wildman–Crippen LogP) is 0.637. The average molecular weight is 354 g/mol. The predicted molar refractivity (Wildman–Crippen MR) is 77.6 cm³/mol. The Labute approximate surface area is 176 Å². The third-order valence-electron chi connectivity index (χ3n) is 3.61. The van der Waals surface area contributed by atoms with Crippen LogP contribution >= 0.6 is 0 Å². The van der Waals surface area contributed by atoms with Gasteiger partial charge in [0.15, 0.2) is 0 Å². The number of ether oxygens (including phenoxy) is 1. The summed E-state index contributed by atoms with van der Waals surface area (Å²) in [4.78, 5) is 17.1. The fourth-order valence-corrected chi connectivity index (χ4v) is 2.64. The van der Waals surface area contributed by atoms with Crippen LogP contribution in [0.15, 0.2) is 24.5 Å². The molecule has 2 atom stereocenters. The van der Waals surface area contributed by atoms with Gasteiger partial charge in [-0.25, -0.2) is 4.79 Å². The van der Waals surface area contributed by atoms with Crippen molar-refractivity contribution in [2.75, 3.05) is 13.1 Å². The molecule has 0 aliphatic carbocycles. The summed E-state index contributed by atoms with van der Waals surface area (Å²) in [6, 6.07) is 3.22. The van der Waals surface area contributed by atoms with Crippen LogP contribution in [0.25, 0.3) is 0 Å². The Kier molecular flexibility index (Phi) is 7.16. The van der Waals surface area contributed by atoms with Crippen LogP contribution in [0.1, 0.15) is 32.3 Å². The largest absolute Gasteiger partial charge is 1.00 e. The van der Waals surface area contributed by atoms with E-state index in [0.717, 1.165) is 4.90 Å². The molecule has 122 valence electrons. The van der Waals surface area contributed by atoms with Gasteiger partial charge in [-0.05, 0) is 44.1 Å². The molecule has 4 nitrogen and oxygen atoms in total. The number of pyridine rings is 1. The summed E-state index contributed by atoms with van der Waals surface area (Å²) in [5.41, 5.74) is -0.236. The van der Waals surface area contributed by atoms with E-state index in [2.05, 4.69) is 4.98 Å². The van der Waals surface area contributed by atoms with Crippen molar-refractivity contribution in [3.05, 3.63) is 30.1 Å². The maximum absolute atomic E-state index is 13.3. The van der Waals surface area contributed by atoms with Crippen LogP contribution in [0.2, 0.25) is 5.82 Å². The number of rotatable bonds is 2. The maximum Gasteiger partial charge on any atom is 1.00 e. The number of hydrogen-bond acceptors (Lipinski definition) is 3. The third kappa shape index (κ3) is 5.74. The van der Waals surface area contributed by atoms with E-state index in [0.29, 0.717) is 5.56 Å². The molecular formula is C14H19BF3KN2O2. The van der Waals surface area contributed by atoms with Crippen molar-refractivity contribution in [2.45, 2.75) is 38.1 Å². The summed E-state index contributed by atoms with van der Waals surface area (Å²) >= 11 is 0. The first-order valence-electron chi connectivity index (χ1n) is 7.16. The summed E-state index contributed by atoms with van der Waals surface area (Å²) in [6.07, 6.45) is 2.24. The van der Waals surface area contributed by atoms with Gasteiger partial charge in [0.05, 0.1) is 0 Å². The van der Waals surface area contributed by atoms with Crippen molar-refractivity contribution in [3.63, 3.8) is 0 Å². The minimum Gasteiger partial charge on any atom is -0.449 e. The molecule has 1 aromatic rings. The van der Waals surface area contributed by atoms with Gasteiger partial charge in [0.25, 0.3) is 0 Å². The molecule has 9 heteroatoms. The minimum absolute atomic E-state index is 0. The Balaban J connectivity index is 0.00000264. The van der Waals surface area contributed by atoms with Gasteiger partial charge in [-0.1, -0.05) is 6.07 Å². The zero-order valence-corrected chi connectivity index (χ0v) is 16.9. The van der Waals surface area contributed by atoms with Gasteiger partial charge in [0.2, 0.25) is 0 Å². The SMILES string of the molecule is CC(C)(C)OC(=O)N1CC(c2cccnc2)C([B-](F)(F)F)C1.[K+]. The summed E-state index contributed by atoms with van der Waals surface area (Å²) in [7, 11) is 0. The van der Waals surface area contributed by atoms with Gasteiger partial charge in [-0.3, -0.25) is 4.98 Å². The van der Waals surface area contributed by atoms with E-state index < -0.39 is 30.4 Å². The first-order valence-corrected chi connectivity index (χ1v) is 7.16. The molecule has 2 heterocycles. The molecule has 0 spiro atoms. The van der Waals surface area contributed by atoms with E-state index in [1.807, 2.05) is 0 Å². The third-order valence-corrected chi connectivity index (χ3v) is 3.61. The first kappa shape index (κ1) is 21.0. The Morgan fingerprint density at radius 2 is 2.00 bits per heavy atom. The number of hydrogen-bond donors (Lipinski definition) is 0. The van der Waals surface area contributed by atoms with Crippen LogP contribution < -0.4 is 51.4 Å². The van der Waals surface area contributed by atoms with E-state index in [-0.39, 0.29) is 64.5 Å². The number of likely N-dealkylation sites (tertiary alicyclic amines) is 1. The molecule has 0 bridgehead atoms. The van der Waals surface area contributed by atoms with Crippen molar-refractivity contribution in [1.29, 1.82) is 0 Å². The number of halogens is 3. The van der Waals surface area contributed by atoms with E-state index in [1.54, 1.807) is 32.9 Å². The molecule has 1 saturated heterocycles. The van der Waals surface area contributed by atoms with Crippen LogP contribution in [0, 0.1) is 0 Å². The molecular weight excluding hydrogens is 335 g/mol. The second-order valence-electron chi connectivity index (χ2n) is 6.57. The van der Waals surface area contributed by atoms with Crippen LogP contribution in [0.3, 0.4) is 0 Å². The number of aromatic nitrogens is 1. The van der Waals surface area contributed by atoms with Gasteiger partial charge < -0.3 is 22.6 Å². The quantitative estimate of drug-likeness (QED) is 0.732. The molecule has 1 amide bonds. The Morgan fingerprint density at radius 3 is 2.48 bits per heavy atom. The van der Waals surface area contributed by atoms with Crippen molar-refractivity contribution >= 4 is 13.1 Å². The molecule has 1 aliphatic rings. The van der Waals surface area contributed by atoms with Crippen LogP contribution in [0.5, 0.6) is 0 Å². The number of nitrogens with zero attached hydrogens (tertiary/aromatic N) is 2. The van der Waals surface area contributed by atoms with Crippen LogP contribution in [-0.4, -0.2) is 41.6 Å². The summed E-state index contributed by atoms with van der Waals surface area (Å²) < 4.78 is 45.2. The Morgan fingerprint density at radius 1 is 1.35 bits per heavy atom. The van der Waals surface area contributed by atoms with Crippen molar-refractivity contribution in [3.8, 4) is 0 Å². The molecule has 23 heavy (non-hydrogen) atoms. The summed E-state index contributed by atoms with van der Waals surface area (Å²) in [6.45, 7) is -0.375. The van der Waals surface area contributed by atoms with E-state index >= 15 is 0 Å². The monoisotopic (exact) mass is 354 g/mol. The molecule has 0 radical (unpaired) electrons. The second-order valence-corrected chi connectivity index (χ2v) is 6.57. The number of amides is 1. The topological polar surface area (TPSA) is 42.4 Å². The number of carbonyl (C=O) groups is 1. The summed E-state index contributed by atoms with van der Waals surface area (Å²) in [5, 5.41) is 0. The van der Waals surface area contributed by atoms with Gasteiger partial charge in [0, 0.05) is 25.5 Å².